The minimum atomic E-state index is -3.27. The standard InChI is InChI=1S/C21H23IN4O3S/c1-25-18-3-2-14(10-15(18)13-30(25,28)29)16-11-23-12-17(22)19(16)26-8-5-21(6-9-26)4-7-24-20(21)27/h2-3,10-12H,4-9,13H2,1H3,(H,24,27). The van der Waals surface area contributed by atoms with Gasteiger partial charge in [-0.05, 0) is 65.1 Å². The van der Waals surface area contributed by atoms with E-state index in [1.807, 2.05) is 30.6 Å². The van der Waals surface area contributed by atoms with E-state index in [1.165, 1.54) is 4.31 Å². The van der Waals surface area contributed by atoms with Gasteiger partial charge in [-0.25, -0.2) is 8.42 Å². The predicted octanol–water partition coefficient (Wildman–Crippen LogP) is 2.74. The first-order valence-electron chi connectivity index (χ1n) is 10.1. The van der Waals surface area contributed by atoms with E-state index >= 15 is 0 Å². The third-order valence-electron chi connectivity index (χ3n) is 6.77. The van der Waals surface area contributed by atoms with Crippen LogP contribution in [-0.2, 0) is 20.6 Å². The zero-order valence-electron chi connectivity index (χ0n) is 16.7. The fourth-order valence-electron chi connectivity index (χ4n) is 4.93. The second kappa shape index (κ2) is 7.08. The van der Waals surface area contributed by atoms with E-state index in [2.05, 4.69) is 37.8 Å². The molecule has 0 atom stereocenters. The molecule has 3 aliphatic rings. The van der Waals surface area contributed by atoms with Gasteiger partial charge in [0.15, 0.2) is 0 Å². The molecule has 0 bridgehead atoms. The van der Waals surface area contributed by atoms with E-state index in [0.717, 1.165) is 70.5 Å². The van der Waals surface area contributed by atoms with Gasteiger partial charge in [-0.2, -0.15) is 0 Å². The van der Waals surface area contributed by atoms with E-state index in [0.29, 0.717) is 0 Å². The van der Waals surface area contributed by atoms with Gasteiger partial charge in [0.05, 0.1) is 26.1 Å². The summed E-state index contributed by atoms with van der Waals surface area (Å²) < 4.78 is 26.9. The number of benzene rings is 1. The van der Waals surface area contributed by atoms with Gasteiger partial charge in [-0.15, -0.1) is 0 Å². The molecule has 4 heterocycles. The lowest BCUT2D eigenvalue weighted by molar-refractivity contribution is -0.128. The Labute approximate surface area is 190 Å². The minimum Gasteiger partial charge on any atom is -0.370 e. The van der Waals surface area contributed by atoms with Crippen molar-refractivity contribution < 1.29 is 13.2 Å². The van der Waals surface area contributed by atoms with Gasteiger partial charge >= 0.3 is 0 Å². The molecule has 7 nitrogen and oxygen atoms in total. The number of amides is 1. The lowest BCUT2D eigenvalue weighted by atomic mass is 9.77. The minimum absolute atomic E-state index is 0.0285. The van der Waals surface area contributed by atoms with Crippen LogP contribution in [0.25, 0.3) is 11.1 Å². The number of pyridine rings is 1. The Morgan fingerprint density at radius 3 is 2.63 bits per heavy atom. The molecule has 2 fully saturated rings. The van der Waals surface area contributed by atoms with E-state index in [1.54, 1.807) is 7.05 Å². The number of carbonyl (C=O) groups is 1. The Morgan fingerprint density at radius 2 is 1.93 bits per heavy atom. The second-order valence-electron chi connectivity index (χ2n) is 8.36. The van der Waals surface area contributed by atoms with Crippen LogP contribution >= 0.6 is 22.6 Å². The fourth-order valence-corrected chi connectivity index (χ4v) is 7.02. The first-order chi connectivity index (χ1) is 14.3. The summed E-state index contributed by atoms with van der Waals surface area (Å²) >= 11 is 2.32. The van der Waals surface area contributed by atoms with Crippen LogP contribution in [0.3, 0.4) is 0 Å². The van der Waals surface area contributed by atoms with Crippen LogP contribution in [0.1, 0.15) is 24.8 Å². The van der Waals surface area contributed by atoms with Crippen molar-refractivity contribution in [3.05, 3.63) is 39.7 Å². The number of nitrogens with zero attached hydrogens (tertiary/aromatic N) is 3. The second-order valence-corrected chi connectivity index (χ2v) is 11.5. The summed E-state index contributed by atoms with van der Waals surface area (Å²) in [7, 11) is -1.67. The van der Waals surface area contributed by atoms with Gasteiger partial charge < -0.3 is 10.2 Å². The first kappa shape index (κ1) is 20.0. The van der Waals surface area contributed by atoms with Crippen molar-refractivity contribution in [2.45, 2.75) is 25.0 Å². The summed E-state index contributed by atoms with van der Waals surface area (Å²) in [6.45, 7) is 2.42. The molecule has 1 amide bonds. The molecule has 0 radical (unpaired) electrons. The molecule has 9 heteroatoms. The van der Waals surface area contributed by atoms with E-state index in [9.17, 15) is 13.2 Å². The number of piperidine rings is 1. The molecule has 0 unspecified atom stereocenters. The number of fused-ring (bicyclic) bond motifs is 1. The normalized spacial score (nSPS) is 21.7. The number of hydrogen-bond donors (Lipinski definition) is 1. The summed E-state index contributed by atoms with van der Waals surface area (Å²) in [6, 6.07) is 5.83. The molecule has 158 valence electrons. The molecule has 2 aromatic rings. The molecule has 1 spiro atoms. The average Bonchev–Trinajstić information content (AvgIpc) is 3.18. The molecule has 0 saturated carbocycles. The first-order valence-corrected chi connectivity index (χ1v) is 12.8. The summed E-state index contributed by atoms with van der Waals surface area (Å²) in [5.74, 6) is 0.233. The summed E-state index contributed by atoms with van der Waals surface area (Å²) in [5.41, 5.74) is 4.45. The van der Waals surface area contributed by atoms with E-state index in [4.69, 9.17) is 0 Å². The molecular formula is C21H23IN4O3S. The summed E-state index contributed by atoms with van der Waals surface area (Å²) in [6.07, 6.45) is 6.34. The lowest BCUT2D eigenvalue weighted by Gasteiger charge is -2.39. The number of hydrogen-bond acceptors (Lipinski definition) is 5. The van der Waals surface area contributed by atoms with Crippen molar-refractivity contribution in [2.75, 3.05) is 35.9 Å². The highest BCUT2D eigenvalue weighted by molar-refractivity contribution is 14.1. The van der Waals surface area contributed by atoms with Gasteiger partial charge in [-0.1, -0.05) is 6.07 Å². The monoisotopic (exact) mass is 538 g/mol. The maximum absolute atomic E-state index is 12.3. The highest BCUT2D eigenvalue weighted by Gasteiger charge is 2.44. The molecular weight excluding hydrogens is 515 g/mol. The third-order valence-corrected chi connectivity index (χ3v) is 9.26. The lowest BCUT2D eigenvalue weighted by Crippen LogP contribution is -2.44. The predicted molar refractivity (Wildman–Crippen MR) is 125 cm³/mol. The van der Waals surface area contributed by atoms with Crippen LogP contribution in [0.5, 0.6) is 0 Å². The van der Waals surface area contributed by atoms with Crippen molar-refractivity contribution in [1.29, 1.82) is 0 Å². The third kappa shape index (κ3) is 3.08. The van der Waals surface area contributed by atoms with E-state index < -0.39 is 10.0 Å². The van der Waals surface area contributed by atoms with Gasteiger partial charge in [0.2, 0.25) is 15.9 Å². The van der Waals surface area contributed by atoms with Crippen molar-refractivity contribution in [3.63, 3.8) is 0 Å². The molecule has 5 rings (SSSR count). The van der Waals surface area contributed by atoms with Crippen molar-refractivity contribution in [1.82, 2.24) is 10.3 Å². The Morgan fingerprint density at radius 1 is 1.17 bits per heavy atom. The molecule has 0 aliphatic carbocycles. The maximum Gasteiger partial charge on any atom is 0.239 e. The summed E-state index contributed by atoms with van der Waals surface area (Å²) in [4.78, 5) is 19.1. The van der Waals surface area contributed by atoms with Gasteiger partial charge in [-0.3, -0.25) is 14.1 Å². The quantitative estimate of drug-likeness (QED) is 0.595. The Bertz CT molecular complexity index is 1140. The van der Waals surface area contributed by atoms with Crippen LogP contribution in [0.4, 0.5) is 11.4 Å². The van der Waals surface area contributed by atoms with Crippen LogP contribution in [0.2, 0.25) is 0 Å². The number of aromatic nitrogens is 1. The largest absolute Gasteiger partial charge is 0.370 e. The Kier molecular flexibility index (Phi) is 4.73. The molecule has 1 N–H and O–H groups in total. The van der Waals surface area contributed by atoms with Gasteiger partial charge in [0.25, 0.3) is 0 Å². The molecule has 1 aromatic carbocycles. The number of anilines is 2. The molecule has 1 aromatic heterocycles. The van der Waals surface area contributed by atoms with Crippen LogP contribution in [-0.4, -0.2) is 46.0 Å². The highest BCUT2D eigenvalue weighted by atomic mass is 127. The SMILES string of the molecule is CN1c2ccc(-c3cncc(I)c3N3CCC4(CCNC4=O)CC3)cc2CS1(=O)=O. The highest BCUT2D eigenvalue weighted by Crippen LogP contribution is 2.43. The smallest absolute Gasteiger partial charge is 0.239 e. The number of sulfonamides is 1. The zero-order chi connectivity index (χ0) is 21.1. The average molecular weight is 538 g/mol. The number of carbonyl (C=O) groups excluding carboxylic acids is 1. The molecule has 30 heavy (non-hydrogen) atoms. The number of rotatable bonds is 2. The van der Waals surface area contributed by atoms with Crippen molar-refractivity contribution >= 4 is 49.9 Å². The number of halogens is 1. The maximum atomic E-state index is 12.3. The Balaban J connectivity index is 1.49. The summed E-state index contributed by atoms with van der Waals surface area (Å²) in [5, 5.41) is 3.00. The molecule has 3 aliphatic heterocycles. The molecule has 2 saturated heterocycles. The van der Waals surface area contributed by atoms with Gasteiger partial charge in [0, 0.05) is 44.6 Å². The van der Waals surface area contributed by atoms with Crippen LogP contribution < -0.4 is 14.5 Å². The topological polar surface area (TPSA) is 82.6 Å². The Hall–Kier alpha value is -1.88. The zero-order valence-corrected chi connectivity index (χ0v) is 19.7. The van der Waals surface area contributed by atoms with Crippen LogP contribution in [0, 0.1) is 8.99 Å². The number of nitrogens with one attached hydrogen (secondary N) is 1. The van der Waals surface area contributed by atoms with Gasteiger partial charge in [0.1, 0.15) is 0 Å². The van der Waals surface area contributed by atoms with Crippen molar-refractivity contribution in [3.8, 4) is 11.1 Å². The van der Waals surface area contributed by atoms with E-state index in [-0.39, 0.29) is 17.1 Å². The van der Waals surface area contributed by atoms with Crippen molar-refractivity contribution in [2.24, 2.45) is 5.41 Å². The van der Waals surface area contributed by atoms with Crippen LogP contribution in [0.15, 0.2) is 30.6 Å². The fraction of sp³-hybridized carbons (Fsp3) is 0.429.